The van der Waals surface area contributed by atoms with Gasteiger partial charge in [-0.1, -0.05) is 19.9 Å². The molecule has 2 aromatic rings. The largest absolute Gasteiger partial charge is 0.496 e. The van der Waals surface area contributed by atoms with Gasteiger partial charge in [0.2, 0.25) is 0 Å². The standard InChI is InChI=1S/C45H63N7O6/c1-29(2)35-27-32(43(54)52-16-7-15-50-17-13-47-12-6-14-51(19-18-50)20-21-52)10-11-37(35)48-38(41-39(57-3)8-5-9-40(41)58-4)28-36(46)42(53)49-45(44(55)56)33-23-30-22-31(25-33)26-34(45)24-30/h5,8-11,27-31,33-34,47H,6-7,12-26,46H2,1-4H3,(H,49,53)(H,55,56)/b36-28-,48-38?. The summed E-state index contributed by atoms with van der Waals surface area (Å²) < 4.78 is 11.6. The van der Waals surface area contributed by atoms with E-state index in [2.05, 4.69) is 34.3 Å². The number of rotatable bonds is 10. The summed E-state index contributed by atoms with van der Waals surface area (Å²) in [7, 11) is 3.10. The van der Waals surface area contributed by atoms with Crippen LogP contribution in [0.25, 0.3) is 0 Å². The predicted molar refractivity (Wildman–Crippen MR) is 225 cm³/mol. The van der Waals surface area contributed by atoms with Gasteiger partial charge in [0.25, 0.3) is 11.8 Å². The van der Waals surface area contributed by atoms with Gasteiger partial charge in [-0.05, 0) is 136 Å². The Morgan fingerprint density at radius 3 is 2.14 bits per heavy atom. The van der Waals surface area contributed by atoms with Crippen LogP contribution in [0.5, 0.6) is 11.5 Å². The summed E-state index contributed by atoms with van der Waals surface area (Å²) in [5.41, 5.74) is 7.97. The minimum absolute atomic E-state index is 0.00263. The quantitative estimate of drug-likeness (QED) is 0.197. The molecule has 0 spiro atoms. The van der Waals surface area contributed by atoms with E-state index in [9.17, 15) is 19.5 Å². The monoisotopic (exact) mass is 797 g/mol. The highest BCUT2D eigenvalue weighted by Crippen LogP contribution is 2.58. The summed E-state index contributed by atoms with van der Waals surface area (Å²) in [4.78, 5) is 53.6. The number of nitrogens with two attached hydrogens (primary N) is 1. The molecular weight excluding hydrogens is 735 g/mol. The van der Waals surface area contributed by atoms with Gasteiger partial charge in [-0.15, -0.1) is 0 Å². The van der Waals surface area contributed by atoms with Crippen molar-refractivity contribution in [3.8, 4) is 11.5 Å². The molecule has 2 heterocycles. The molecule has 13 heteroatoms. The van der Waals surface area contributed by atoms with Crippen LogP contribution in [0.3, 0.4) is 0 Å². The van der Waals surface area contributed by atoms with E-state index >= 15 is 0 Å². The molecule has 13 nitrogen and oxygen atoms in total. The second-order valence-electron chi connectivity index (χ2n) is 17.4. The number of ether oxygens (including phenoxy) is 2. The van der Waals surface area contributed by atoms with Crippen LogP contribution < -0.4 is 25.8 Å². The van der Waals surface area contributed by atoms with Gasteiger partial charge < -0.3 is 45.6 Å². The Morgan fingerprint density at radius 2 is 1.50 bits per heavy atom. The van der Waals surface area contributed by atoms with Gasteiger partial charge in [0, 0.05) is 51.4 Å². The highest BCUT2D eigenvalue weighted by atomic mass is 16.5. The van der Waals surface area contributed by atoms with Crippen LogP contribution in [0.1, 0.15) is 86.2 Å². The zero-order chi connectivity index (χ0) is 41.0. The van der Waals surface area contributed by atoms with Crippen molar-refractivity contribution < 1.29 is 29.0 Å². The maximum absolute atomic E-state index is 14.3. The Kier molecular flexibility index (Phi) is 13.1. The van der Waals surface area contributed by atoms with E-state index in [0.29, 0.717) is 59.0 Å². The molecule has 5 N–H and O–H groups in total. The molecule has 6 bridgehead atoms. The van der Waals surface area contributed by atoms with Crippen molar-refractivity contribution in [2.24, 2.45) is 34.4 Å². The van der Waals surface area contributed by atoms with E-state index in [0.717, 1.165) is 103 Å². The number of hydrogen-bond acceptors (Lipinski definition) is 10. The fourth-order valence-corrected chi connectivity index (χ4v) is 10.6. The number of carboxylic acid groups (broad SMARTS) is 1. The molecule has 0 radical (unpaired) electrons. The topological polar surface area (TPSA) is 162 Å². The first-order valence-electron chi connectivity index (χ1n) is 21.4. The molecule has 4 aliphatic carbocycles. The maximum Gasteiger partial charge on any atom is 0.330 e. The Bertz CT molecular complexity index is 1840. The number of amides is 2. The molecule has 2 aromatic carbocycles. The number of aliphatic carboxylic acids is 1. The fourth-order valence-electron chi connectivity index (χ4n) is 10.6. The first-order valence-corrected chi connectivity index (χ1v) is 21.4. The molecule has 2 aliphatic heterocycles. The molecule has 2 unspecified atom stereocenters. The van der Waals surface area contributed by atoms with Crippen LogP contribution in [-0.2, 0) is 9.59 Å². The SMILES string of the molecule is COc1cccc(OC)c1C(/C=C(\N)C(=O)NC1(C(=O)O)C2CC3CC(C2)CC1C3)=Nc1ccc(C(=O)N2CCCN3CCNCCCN(CC3)CC2)cc1C(C)C. The lowest BCUT2D eigenvalue weighted by atomic mass is 9.48. The number of carboxylic acids is 1. The second kappa shape index (κ2) is 18.2. The average molecular weight is 798 g/mol. The van der Waals surface area contributed by atoms with Gasteiger partial charge in [0.15, 0.2) is 0 Å². The highest BCUT2D eigenvalue weighted by Gasteiger charge is 2.62. The molecule has 2 amide bonds. The van der Waals surface area contributed by atoms with E-state index in [4.69, 9.17) is 20.2 Å². The first-order chi connectivity index (χ1) is 28.0. The zero-order valence-electron chi connectivity index (χ0n) is 34.8. The summed E-state index contributed by atoms with van der Waals surface area (Å²) in [6.07, 6.45) is 7.85. The number of hydrogen-bond donors (Lipinski definition) is 4. The number of fused-ring (bicyclic) bond motifs is 3. The van der Waals surface area contributed by atoms with Crippen LogP contribution in [0.2, 0.25) is 0 Å². The van der Waals surface area contributed by atoms with Gasteiger partial charge in [-0.25, -0.2) is 9.79 Å². The average Bonchev–Trinajstić information content (AvgIpc) is 3.21. The number of carbonyl (C=O) groups is 3. The lowest BCUT2D eigenvalue weighted by Crippen LogP contribution is -2.70. The normalized spacial score (nSPS) is 29.2. The first kappa shape index (κ1) is 41.7. The molecule has 2 atom stereocenters. The lowest BCUT2D eigenvalue weighted by Gasteiger charge is -2.59. The van der Waals surface area contributed by atoms with Crippen molar-refractivity contribution >= 4 is 29.2 Å². The van der Waals surface area contributed by atoms with Gasteiger partial charge in [0.05, 0.1) is 36.9 Å². The lowest BCUT2D eigenvalue weighted by molar-refractivity contribution is -0.167. The minimum Gasteiger partial charge on any atom is -0.496 e. The van der Waals surface area contributed by atoms with Crippen molar-refractivity contribution in [2.75, 3.05) is 79.7 Å². The number of carbonyl (C=O) groups excluding carboxylic acids is 2. The van der Waals surface area contributed by atoms with E-state index < -0.39 is 17.4 Å². The van der Waals surface area contributed by atoms with E-state index in [1.165, 1.54) is 6.08 Å². The van der Waals surface area contributed by atoms with Crippen LogP contribution in [0.15, 0.2) is 53.2 Å². The Hall–Kier alpha value is -4.46. The van der Waals surface area contributed by atoms with Crippen molar-refractivity contribution in [1.29, 1.82) is 0 Å². The summed E-state index contributed by atoms with van der Waals surface area (Å²) in [5.74, 6) is 0.0598. The second-order valence-corrected chi connectivity index (χ2v) is 17.4. The smallest absolute Gasteiger partial charge is 0.330 e. The van der Waals surface area contributed by atoms with Crippen molar-refractivity contribution in [3.05, 3.63) is 64.9 Å². The molecule has 8 rings (SSSR count). The number of nitrogens with zero attached hydrogens (tertiary/aromatic N) is 4. The number of nitrogens with one attached hydrogen (secondary N) is 2. The summed E-state index contributed by atoms with van der Waals surface area (Å²) in [6, 6.07) is 11.0. The summed E-state index contributed by atoms with van der Waals surface area (Å²) in [5, 5.41) is 17.2. The third kappa shape index (κ3) is 8.77. The van der Waals surface area contributed by atoms with Gasteiger partial charge in [-0.3, -0.25) is 9.59 Å². The molecular formula is C45H63N7O6. The van der Waals surface area contributed by atoms with Crippen LogP contribution in [-0.4, -0.2) is 129 Å². The fraction of sp³-hybridized carbons (Fsp3) is 0.600. The number of allylic oxidation sites excluding steroid dienone is 1. The van der Waals surface area contributed by atoms with Crippen molar-refractivity contribution in [1.82, 2.24) is 25.3 Å². The molecule has 6 fully saturated rings. The van der Waals surface area contributed by atoms with Crippen LogP contribution >= 0.6 is 0 Å². The molecule has 4 saturated carbocycles. The third-order valence-corrected chi connectivity index (χ3v) is 13.5. The summed E-state index contributed by atoms with van der Waals surface area (Å²) in [6.45, 7) is 13.3. The molecule has 2 saturated heterocycles. The number of benzene rings is 2. The summed E-state index contributed by atoms with van der Waals surface area (Å²) >= 11 is 0. The van der Waals surface area contributed by atoms with Gasteiger partial charge in [0.1, 0.15) is 17.0 Å². The minimum atomic E-state index is -1.36. The molecule has 0 aromatic heterocycles. The van der Waals surface area contributed by atoms with Crippen molar-refractivity contribution in [2.45, 2.75) is 70.3 Å². The highest BCUT2D eigenvalue weighted by molar-refractivity contribution is 6.16. The molecule has 58 heavy (non-hydrogen) atoms. The molecule has 6 aliphatic rings. The van der Waals surface area contributed by atoms with E-state index in [-0.39, 0.29) is 29.4 Å². The van der Waals surface area contributed by atoms with E-state index in [1.807, 2.05) is 23.1 Å². The Balaban J connectivity index is 1.21. The number of methoxy groups -OCH3 is 2. The third-order valence-electron chi connectivity index (χ3n) is 13.5. The van der Waals surface area contributed by atoms with Gasteiger partial charge >= 0.3 is 5.97 Å². The number of aliphatic imine (C=N–C) groups is 1. The van der Waals surface area contributed by atoms with Crippen LogP contribution in [0, 0.1) is 23.7 Å². The Morgan fingerprint density at radius 1 is 0.862 bits per heavy atom. The Labute approximate surface area is 343 Å². The molecule has 314 valence electrons. The van der Waals surface area contributed by atoms with E-state index in [1.54, 1.807) is 32.4 Å². The van der Waals surface area contributed by atoms with Crippen LogP contribution in [0.4, 0.5) is 5.69 Å². The predicted octanol–water partition coefficient (Wildman–Crippen LogP) is 4.63. The maximum atomic E-state index is 14.3. The zero-order valence-corrected chi connectivity index (χ0v) is 34.8. The van der Waals surface area contributed by atoms with Crippen molar-refractivity contribution in [3.63, 3.8) is 0 Å². The van der Waals surface area contributed by atoms with Gasteiger partial charge in [-0.2, -0.15) is 0 Å².